The standard InChI is InChI=1S/C21H21NO4S/c1-15(2)16-8-10-17(11-9-16)22-21(23)20-13-12-18(26-20)14-27(24,25)19-6-4-3-5-7-19/h3-13,15H,14H2,1-2H3,(H,22,23). The van der Waals surface area contributed by atoms with Crippen LogP contribution in [0.2, 0.25) is 0 Å². The van der Waals surface area contributed by atoms with E-state index in [4.69, 9.17) is 4.42 Å². The van der Waals surface area contributed by atoms with Crippen molar-refractivity contribution in [2.75, 3.05) is 5.32 Å². The summed E-state index contributed by atoms with van der Waals surface area (Å²) in [5.74, 6) is -0.0159. The van der Waals surface area contributed by atoms with Gasteiger partial charge in [0.05, 0.1) is 4.90 Å². The van der Waals surface area contributed by atoms with Crippen molar-refractivity contribution in [3.8, 4) is 0 Å². The van der Waals surface area contributed by atoms with Crippen molar-refractivity contribution in [3.05, 3.63) is 83.8 Å². The topological polar surface area (TPSA) is 76.4 Å². The fourth-order valence-electron chi connectivity index (χ4n) is 2.62. The lowest BCUT2D eigenvalue weighted by atomic mass is 10.0. The molecular formula is C21H21NO4S. The summed E-state index contributed by atoms with van der Waals surface area (Å²) in [7, 11) is -3.52. The monoisotopic (exact) mass is 383 g/mol. The largest absolute Gasteiger partial charge is 0.455 e. The van der Waals surface area contributed by atoms with Gasteiger partial charge in [0.2, 0.25) is 0 Å². The van der Waals surface area contributed by atoms with Crippen LogP contribution in [0.25, 0.3) is 0 Å². The molecule has 0 aliphatic carbocycles. The van der Waals surface area contributed by atoms with Gasteiger partial charge >= 0.3 is 0 Å². The number of anilines is 1. The number of sulfone groups is 1. The number of benzene rings is 2. The summed E-state index contributed by atoms with van der Waals surface area (Å²) in [6.07, 6.45) is 0. The van der Waals surface area contributed by atoms with E-state index in [0.29, 0.717) is 11.6 Å². The molecule has 1 N–H and O–H groups in total. The van der Waals surface area contributed by atoms with Gasteiger partial charge in [0.15, 0.2) is 15.6 Å². The number of hydrogen-bond acceptors (Lipinski definition) is 4. The zero-order valence-corrected chi connectivity index (χ0v) is 16.0. The third-order valence-electron chi connectivity index (χ3n) is 4.16. The molecule has 3 rings (SSSR count). The van der Waals surface area contributed by atoms with Crippen LogP contribution in [0.4, 0.5) is 5.69 Å². The number of hydrogen-bond donors (Lipinski definition) is 1. The molecule has 1 heterocycles. The zero-order chi connectivity index (χ0) is 19.4. The lowest BCUT2D eigenvalue weighted by Gasteiger charge is -2.07. The fraction of sp³-hybridized carbons (Fsp3) is 0.190. The van der Waals surface area contributed by atoms with Gasteiger partial charge in [0, 0.05) is 5.69 Å². The van der Waals surface area contributed by atoms with Gasteiger partial charge in [-0.15, -0.1) is 0 Å². The Balaban J connectivity index is 1.69. The molecule has 0 unspecified atom stereocenters. The fourth-order valence-corrected chi connectivity index (χ4v) is 3.89. The van der Waals surface area contributed by atoms with E-state index in [1.165, 1.54) is 29.8 Å². The summed E-state index contributed by atoms with van der Waals surface area (Å²) < 4.78 is 30.2. The minimum absolute atomic E-state index is 0.0706. The second kappa shape index (κ2) is 7.80. The lowest BCUT2D eigenvalue weighted by Crippen LogP contribution is -2.11. The summed E-state index contributed by atoms with van der Waals surface area (Å²) in [5, 5.41) is 2.75. The predicted octanol–water partition coefficient (Wildman–Crippen LogP) is 4.63. The van der Waals surface area contributed by atoms with E-state index in [9.17, 15) is 13.2 Å². The summed E-state index contributed by atoms with van der Waals surface area (Å²) in [6, 6.07) is 18.7. The number of carbonyl (C=O) groups is 1. The quantitative estimate of drug-likeness (QED) is 0.673. The molecule has 2 aromatic carbocycles. The highest BCUT2D eigenvalue weighted by Crippen LogP contribution is 2.20. The molecule has 0 radical (unpaired) electrons. The molecule has 3 aromatic rings. The Morgan fingerprint density at radius 2 is 1.63 bits per heavy atom. The molecule has 0 fully saturated rings. The third-order valence-corrected chi connectivity index (χ3v) is 5.81. The van der Waals surface area contributed by atoms with Crippen molar-refractivity contribution >= 4 is 21.4 Å². The Morgan fingerprint density at radius 1 is 0.963 bits per heavy atom. The smallest absolute Gasteiger partial charge is 0.291 e. The molecule has 0 aliphatic rings. The normalized spacial score (nSPS) is 11.5. The maximum absolute atomic E-state index is 12.4. The molecule has 1 aromatic heterocycles. The first kappa shape index (κ1) is 18.9. The minimum atomic E-state index is -3.52. The Morgan fingerprint density at radius 3 is 2.26 bits per heavy atom. The summed E-state index contributed by atoms with van der Waals surface area (Å²) in [4.78, 5) is 12.5. The Bertz CT molecular complexity index is 1020. The van der Waals surface area contributed by atoms with Crippen LogP contribution in [0.3, 0.4) is 0 Å². The van der Waals surface area contributed by atoms with Crippen LogP contribution in [0.1, 0.15) is 41.6 Å². The molecule has 0 aliphatic heterocycles. The summed E-state index contributed by atoms with van der Waals surface area (Å²) in [5.41, 5.74) is 1.83. The molecule has 6 heteroatoms. The lowest BCUT2D eigenvalue weighted by molar-refractivity contribution is 0.0995. The molecule has 0 atom stereocenters. The van der Waals surface area contributed by atoms with Gasteiger partial charge in [0.25, 0.3) is 5.91 Å². The van der Waals surface area contributed by atoms with Crippen LogP contribution in [-0.2, 0) is 15.6 Å². The van der Waals surface area contributed by atoms with Crippen LogP contribution in [0.15, 0.2) is 76.0 Å². The Labute approximate surface area is 159 Å². The average molecular weight is 383 g/mol. The van der Waals surface area contributed by atoms with Crippen LogP contribution in [-0.4, -0.2) is 14.3 Å². The van der Waals surface area contributed by atoms with Crippen LogP contribution in [0.5, 0.6) is 0 Å². The SMILES string of the molecule is CC(C)c1ccc(NC(=O)c2ccc(CS(=O)(=O)c3ccccc3)o2)cc1. The van der Waals surface area contributed by atoms with Gasteiger partial charge in [-0.05, 0) is 47.9 Å². The minimum Gasteiger partial charge on any atom is -0.455 e. The highest BCUT2D eigenvalue weighted by molar-refractivity contribution is 7.90. The van der Waals surface area contributed by atoms with Crippen molar-refractivity contribution in [1.82, 2.24) is 0 Å². The van der Waals surface area contributed by atoms with Crippen molar-refractivity contribution in [2.45, 2.75) is 30.4 Å². The average Bonchev–Trinajstić information content (AvgIpc) is 3.11. The molecule has 140 valence electrons. The second-order valence-corrected chi connectivity index (χ2v) is 8.56. The number of rotatable bonds is 6. The van der Waals surface area contributed by atoms with Crippen molar-refractivity contribution in [1.29, 1.82) is 0 Å². The van der Waals surface area contributed by atoms with E-state index in [2.05, 4.69) is 19.2 Å². The van der Waals surface area contributed by atoms with Gasteiger partial charge in [-0.1, -0.05) is 44.2 Å². The van der Waals surface area contributed by atoms with Crippen molar-refractivity contribution < 1.29 is 17.6 Å². The molecule has 0 saturated carbocycles. The third kappa shape index (κ3) is 4.65. The van der Waals surface area contributed by atoms with Crippen molar-refractivity contribution in [3.63, 3.8) is 0 Å². The molecule has 5 nitrogen and oxygen atoms in total. The molecule has 27 heavy (non-hydrogen) atoms. The van der Waals surface area contributed by atoms with Crippen molar-refractivity contribution in [2.24, 2.45) is 0 Å². The van der Waals surface area contributed by atoms with Crippen LogP contribution < -0.4 is 5.32 Å². The Kier molecular flexibility index (Phi) is 5.46. The van der Waals surface area contributed by atoms with Gasteiger partial charge in [0.1, 0.15) is 11.5 Å². The molecule has 0 bridgehead atoms. The van der Waals surface area contributed by atoms with E-state index >= 15 is 0 Å². The van der Waals surface area contributed by atoms with E-state index < -0.39 is 15.7 Å². The molecular weight excluding hydrogens is 362 g/mol. The first-order chi connectivity index (χ1) is 12.8. The molecule has 0 spiro atoms. The maximum atomic E-state index is 12.4. The Hall–Kier alpha value is -2.86. The van der Waals surface area contributed by atoms with Crippen LogP contribution in [0, 0.1) is 0 Å². The number of nitrogens with one attached hydrogen (secondary N) is 1. The summed E-state index contributed by atoms with van der Waals surface area (Å²) >= 11 is 0. The van der Waals surface area contributed by atoms with Gasteiger partial charge in [-0.3, -0.25) is 4.79 Å². The van der Waals surface area contributed by atoms with E-state index in [1.807, 2.05) is 24.3 Å². The highest BCUT2D eigenvalue weighted by Gasteiger charge is 2.19. The predicted molar refractivity (Wildman–Crippen MR) is 105 cm³/mol. The van der Waals surface area contributed by atoms with E-state index in [1.54, 1.807) is 18.2 Å². The van der Waals surface area contributed by atoms with E-state index in [0.717, 1.165) is 0 Å². The van der Waals surface area contributed by atoms with Gasteiger partial charge < -0.3 is 9.73 Å². The van der Waals surface area contributed by atoms with Crippen LogP contribution >= 0.6 is 0 Å². The van der Waals surface area contributed by atoms with Gasteiger partial charge in [-0.25, -0.2) is 8.42 Å². The molecule has 0 saturated heterocycles. The second-order valence-electron chi connectivity index (χ2n) is 6.57. The first-order valence-corrected chi connectivity index (χ1v) is 10.3. The molecule has 1 amide bonds. The zero-order valence-electron chi connectivity index (χ0n) is 15.2. The van der Waals surface area contributed by atoms with E-state index in [-0.39, 0.29) is 22.2 Å². The number of amides is 1. The first-order valence-electron chi connectivity index (χ1n) is 8.63. The highest BCUT2D eigenvalue weighted by atomic mass is 32.2. The number of carbonyl (C=O) groups excluding carboxylic acids is 1. The maximum Gasteiger partial charge on any atom is 0.291 e. The summed E-state index contributed by atoms with van der Waals surface area (Å²) in [6.45, 7) is 4.20. The number of furan rings is 1. The van der Waals surface area contributed by atoms with Gasteiger partial charge in [-0.2, -0.15) is 0 Å².